The Morgan fingerprint density at radius 1 is 0.226 bits per heavy atom. The molecule has 0 aliphatic carbocycles. The normalized spacial score (nSPS) is 13.0. The lowest BCUT2D eigenvalue weighted by atomic mass is 9.82. The summed E-state index contributed by atoms with van der Waals surface area (Å²) in [5, 5.41) is 10.1. The summed E-state index contributed by atoms with van der Waals surface area (Å²) in [6.45, 7) is 28.2. The van der Waals surface area contributed by atoms with Gasteiger partial charge in [0.25, 0.3) is 0 Å². The molecule has 0 radical (unpaired) electrons. The summed E-state index contributed by atoms with van der Waals surface area (Å²) in [7, 11) is 0. The van der Waals surface area contributed by atoms with Crippen LogP contribution >= 0.6 is 0 Å². The molecule has 4 heteroatoms. The van der Waals surface area contributed by atoms with Crippen molar-refractivity contribution in [2.24, 2.45) is 0 Å². The van der Waals surface area contributed by atoms with Crippen molar-refractivity contribution >= 4 is 87.2 Å². The summed E-state index contributed by atoms with van der Waals surface area (Å²) >= 11 is 0. The zero-order valence-corrected chi connectivity index (χ0v) is 51.2. The summed E-state index contributed by atoms with van der Waals surface area (Å²) in [5.74, 6) is 0. The van der Waals surface area contributed by atoms with Crippen molar-refractivity contribution in [3.8, 4) is 33.9 Å². The van der Waals surface area contributed by atoms with Gasteiger partial charge in [0.15, 0.2) is 0 Å². The van der Waals surface area contributed by atoms with Crippen molar-refractivity contribution < 1.29 is 0 Å². The van der Waals surface area contributed by atoms with E-state index in [1.54, 1.807) is 0 Å². The van der Waals surface area contributed by atoms with Crippen LogP contribution in [0.5, 0.6) is 0 Å². The third-order valence-corrected chi connectivity index (χ3v) is 20.5. The van der Waals surface area contributed by atoms with E-state index in [9.17, 15) is 0 Å². The van der Waals surface area contributed by atoms with E-state index in [2.05, 4.69) is 308 Å². The molecule has 0 amide bonds. The van der Waals surface area contributed by atoms with Crippen LogP contribution in [0.4, 0.5) is 0 Å². The number of para-hydroxylation sites is 4. The molecule has 418 valence electrons. The molecule has 0 bridgehead atoms. The minimum Gasteiger partial charge on any atom is -0.309 e. The number of hydrogen-bond donors (Lipinski definition) is 0. The molecule has 0 aliphatic heterocycles. The Balaban J connectivity index is 1.11. The number of hydrogen-bond acceptors (Lipinski definition) is 0. The van der Waals surface area contributed by atoms with Gasteiger partial charge in [-0.05, 0) is 190 Å². The first-order chi connectivity index (χ1) is 40.4. The Morgan fingerprint density at radius 2 is 0.429 bits per heavy atom. The van der Waals surface area contributed by atoms with Gasteiger partial charge in [0.05, 0.1) is 44.1 Å². The van der Waals surface area contributed by atoms with Gasteiger partial charge in [-0.15, -0.1) is 0 Å². The predicted octanol–water partition coefficient (Wildman–Crippen LogP) is 22.5. The molecular formula is C80H78N4. The SMILES string of the molecule is CCC(C)(C)c1ccc2c(c1)c1ccccc1n2-c1cc(-c2cc(-n3c4ccccc4c4cc(C(C)(C)CC)ccc43)cc(-n3c4ccccc4c4cc(C(C)(C)CC)ccc43)c2)cc(-n2c3ccccc3c3cc(C(C)(C)CC)ccc32)c1. The number of benzene rings is 10. The van der Waals surface area contributed by atoms with Crippen LogP contribution in [-0.4, -0.2) is 18.3 Å². The van der Waals surface area contributed by atoms with Crippen molar-refractivity contribution in [2.45, 2.75) is 130 Å². The van der Waals surface area contributed by atoms with E-state index < -0.39 is 0 Å². The van der Waals surface area contributed by atoms with E-state index in [0.29, 0.717) is 0 Å². The van der Waals surface area contributed by atoms with E-state index in [1.165, 1.54) is 109 Å². The molecule has 14 aromatic rings. The minimum atomic E-state index is 0.0332. The minimum absolute atomic E-state index is 0.0332. The van der Waals surface area contributed by atoms with Gasteiger partial charge >= 0.3 is 0 Å². The van der Waals surface area contributed by atoms with Crippen LogP contribution in [0.15, 0.2) is 206 Å². The van der Waals surface area contributed by atoms with E-state index in [4.69, 9.17) is 0 Å². The van der Waals surface area contributed by atoms with Crippen molar-refractivity contribution in [3.05, 3.63) is 229 Å². The van der Waals surface area contributed by atoms with Crippen LogP contribution in [-0.2, 0) is 21.7 Å². The molecule has 0 aliphatic rings. The van der Waals surface area contributed by atoms with Gasteiger partial charge in [0.1, 0.15) is 0 Å². The predicted molar refractivity (Wildman–Crippen MR) is 363 cm³/mol. The Hall–Kier alpha value is -8.60. The fraction of sp³-hybridized carbons (Fsp3) is 0.250. The van der Waals surface area contributed by atoms with E-state index in [1.807, 2.05) is 0 Å². The second-order valence-corrected chi connectivity index (χ2v) is 26.8. The second-order valence-electron chi connectivity index (χ2n) is 26.8. The van der Waals surface area contributed by atoms with E-state index in [0.717, 1.165) is 59.6 Å². The lowest BCUT2D eigenvalue weighted by Gasteiger charge is -2.24. The average Bonchev–Trinajstić information content (AvgIpc) is 4.09. The fourth-order valence-corrected chi connectivity index (χ4v) is 13.5. The number of rotatable bonds is 13. The summed E-state index contributed by atoms with van der Waals surface area (Å²) in [6.07, 6.45) is 4.22. The van der Waals surface area contributed by atoms with Crippen molar-refractivity contribution in [1.82, 2.24) is 18.3 Å². The molecular weight excluding hydrogens is 1020 g/mol. The maximum absolute atomic E-state index is 2.53. The van der Waals surface area contributed by atoms with Gasteiger partial charge in [-0.25, -0.2) is 0 Å². The highest BCUT2D eigenvalue weighted by Gasteiger charge is 2.27. The lowest BCUT2D eigenvalue weighted by Crippen LogP contribution is -2.15. The standard InChI is InChI=1S/C80H78N4/c1-13-77(5,6)53-33-37-73-65(45-53)61-25-17-21-29-69(61)81(73)57-41-51(42-58(49-57)82-70-30-22-18-26-62(70)66-46-54(34-38-74(66)82)78(7,8)14-2)52-43-59(83-71-31-23-19-27-63(71)67-47-55(35-39-75(67)83)79(9,10)15-3)50-60(44-52)84-72-32-24-20-28-64(72)68-48-56(36-40-76(68)84)80(11,12)16-4/h17-50H,13-16H2,1-12H3. The molecule has 0 unspecified atom stereocenters. The highest BCUT2D eigenvalue weighted by Crippen LogP contribution is 2.45. The largest absolute Gasteiger partial charge is 0.309 e. The first-order valence-corrected chi connectivity index (χ1v) is 30.9. The lowest BCUT2D eigenvalue weighted by molar-refractivity contribution is 0.507. The van der Waals surface area contributed by atoms with Crippen LogP contribution in [0.1, 0.15) is 131 Å². The molecule has 4 heterocycles. The fourth-order valence-electron chi connectivity index (χ4n) is 13.5. The van der Waals surface area contributed by atoms with Crippen LogP contribution in [0, 0.1) is 0 Å². The van der Waals surface area contributed by atoms with E-state index in [-0.39, 0.29) is 21.7 Å². The first kappa shape index (κ1) is 53.4. The third kappa shape index (κ3) is 8.29. The summed E-state index contributed by atoms with van der Waals surface area (Å²) in [4.78, 5) is 0. The Labute approximate surface area is 495 Å². The second kappa shape index (κ2) is 19.5. The molecule has 0 saturated heterocycles. The Bertz CT molecular complexity index is 4340. The topological polar surface area (TPSA) is 19.7 Å². The monoisotopic (exact) mass is 1090 g/mol. The molecule has 0 N–H and O–H groups in total. The molecule has 0 spiro atoms. The maximum Gasteiger partial charge on any atom is 0.0541 e. The summed E-state index contributed by atoms with van der Waals surface area (Å²) in [6, 6.07) is 79.8. The molecule has 4 nitrogen and oxygen atoms in total. The van der Waals surface area contributed by atoms with Gasteiger partial charge in [-0.1, -0.05) is 180 Å². The number of aromatic nitrogens is 4. The maximum atomic E-state index is 2.53. The molecule has 14 rings (SSSR count). The molecule has 84 heavy (non-hydrogen) atoms. The summed E-state index contributed by atoms with van der Waals surface area (Å²) in [5.41, 5.74) is 21.9. The molecule has 0 fully saturated rings. The Kier molecular flexibility index (Phi) is 12.4. The Morgan fingerprint density at radius 3 is 0.643 bits per heavy atom. The first-order valence-electron chi connectivity index (χ1n) is 30.9. The van der Waals surface area contributed by atoms with Gasteiger partial charge in [0.2, 0.25) is 0 Å². The zero-order valence-electron chi connectivity index (χ0n) is 51.2. The average molecular weight is 1100 g/mol. The van der Waals surface area contributed by atoms with Crippen molar-refractivity contribution in [2.75, 3.05) is 0 Å². The molecule has 4 aromatic heterocycles. The smallest absolute Gasteiger partial charge is 0.0541 e. The molecule has 0 saturated carbocycles. The van der Waals surface area contributed by atoms with Gasteiger partial charge in [-0.3, -0.25) is 0 Å². The number of fused-ring (bicyclic) bond motifs is 12. The van der Waals surface area contributed by atoms with Crippen LogP contribution < -0.4 is 0 Å². The number of nitrogens with zero attached hydrogens (tertiary/aromatic N) is 4. The molecule has 0 atom stereocenters. The third-order valence-electron chi connectivity index (χ3n) is 20.5. The van der Waals surface area contributed by atoms with Crippen molar-refractivity contribution in [3.63, 3.8) is 0 Å². The van der Waals surface area contributed by atoms with Gasteiger partial charge < -0.3 is 18.3 Å². The van der Waals surface area contributed by atoms with Crippen molar-refractivity contribution in [1.29, 1.82) is 0 Å². The van der Waals surface area contributed by atoms with E-state index >= 15 is 0 Å². The highest BCUT2D eigenvalue weighted by molar-refractivity contribution is 6.13. The molecule has 10 aromatic carbocycles. The van der Waals surface area contributed by atoms with Crippen LogP contribution in [0.3, 0.4) is 0 Å². The van der Waals surface area contributed by atoms with Crippen LogP contribution in [0.2, 0.25) is 0 Å². The van der Waals surface area contributed by atoms with Crippen LogP contribution in [0.25, 0.3) is 121 Å². The zero-order chi connectivity index (χ0) is 58.2. The highest BCUT2D eigenvalue weighted by atomic mass is 15.0. The van der Waals surface area contributed by atoms with Gasteiger partial charge in [0, 0.05) is 65.8 Å². The van der Waals surface area contributed by atoms with Gasteiger partial charge in [-0.2, -0.15) is 0 Å². The summed E-state index contributed by atoms with van der Waals surface area (Å²) < 4.78 is 10.1. The quantitative estimate of drug-likeness (QED) is 0.110.